The predicted molar refractivity (Wildman–Crippen MR) is 75.5 cm³/mol. The molecule has 0 amide bonds. The molecular weight excluding hydrogens is 226 g/mol. The number of nitrogens with one attached hydrogen (secondary N) is 1. The summed E-state index contributed by atoms with van der Waals surface area (Å²) in [5.41, 5.74) is 0. The van der Waals surface area contributed by atoms with Crippen LogP contribution >= 0.6 is 0 Å². The zero-order valence-corrected chi connectivity index (χ0v) is 11.7. The molecular formula is C15H25NO2. The quantitative estimate of drug-likeness (QED) is 0.683. The van der Waals surface area contributed by atoms with Crippen LogP contribution in [0.3, 0.4) is 0 Å². The van der Waals surface area contributed by atoms with Gasteiger partial charge in [0.25, 0.3) is 0 Å². The number of rotatable bonds is 9. The second kappa shape index (κ2) is 8.81. The van der Waals surface area contributed by atoms with Crippen LogP contribution in [0.15, 0.2) is 24.3 Å². The topological polar surface area (TPSA) is 30.5 Å². The molecule has 0 heterocycles. The fraction of sp³-hybridized carbons (Fsp3) is 0.600. The summed E-state index contributed by atoms with van der Waals surface area (Å²) in [6.45, 7) is 6.21. The van der Waals surface area contributed by atoms with Gasteiger partial charge in [0.1, 0.15) is 6.10 Å². The van der Waals surface area contributed by atoms with E-state index in [4.69, 9.17) is 9.47 Å². The van der Waals surface area contributed by atoms with Gasteiger partial charge in [0.2, 0.25) is 0 Å². The van der Waals surface area contributed by atoms with Gasteiger partial charge >= 0.3 is 0 Å². The standard InChI is InChI=1S/C15H25NO2/c1-4-5-8-11-16-12-13(2)18-15-10-7-6-9-14(15)17-3/h6-7,9-10,13,16H,4-5,8,11-12H2,1-3H3. The smallest absolute Gasteiger partial charge is 0.161 e. The lowest BCUT2D eigenvalue weighted by Crippen LogP contribution is -2.29. The monoisotopic (exact) mass is 251 g/mol. The Morgan fingerprint density at radius 3 is 2.56 bits per heavy atom. The summed E-state index contributed by atoms with van der Waals surface area (Å²) < 4.78 is 11.1. The van der Waals surface area contributed by atoms with Crippen LogP contribution in [-0.2, 0) is 0 Å². The molecule has 1 aromatic carbocycles. The zero-order chi connectivity index (χ0) is 13.2. The largest absolute Gasteiger partial charge is 0.493 e. The van der Waals surface area contributed by atoms with Crippen molar-refractivity contribution in [2.75, 3.05) is 20.2 Å². The first kappa shape index (κ1) is 14.8. The Labute approximate surface area is 110 Å². The second-order valence-corrected chi connectivity index (χ2v) is 4.49. The third kappa shape index (κ3) is 5.41. The summed E-state index contributed by atoms with van der Waals surface area (Å²) in [6, 6.07) is 7.75. The minimum Gasteiger partial charge on any atom is -0.493 e. The SMILES string of the molecule is CCCCCNCC(C)Oc1ccccc1OC. The number of hydrogen-bond acceptors (Lipinski definition) is 3. The van der Waals surface area contributed by atoms with E-state index in [9.17, 15) is 0 Å². The van der Waals surface area contributed by atoms with E-state index in [2.05, 4.69) is 19.2 Å². The molecule has 3 nitrogen and oxygen atoms in total. The molecule has 1 aromatic rings. The van der Waals surface area contributed by atoms with Crippen molar-refractivity contribution >= 4 is 0 Å². The van der Waals surface area contributed by atoms with Crippen molar-refractivity contribution in [3.8, 4) is 11.5 Å². The molecule has 0 aromatic heterocycles. The summed E-state index contributed by atoms with van der Waals surface area (Å²) in [4.78, 5) is 0. The van der Waals surface area contributed by atoms with Crippen molar-refractivity contribution in [2.45, 2.75) is 39.2 Å². The number of unbranched alkanes of at least 4 members (excludes halogenated alkanes) is 2. The van der Waals surface area contributed by atoms with Crippen LogP contribution < -0.4 is 14.8 Å². The van der Waals surface area contributed by atoms with E-state index in [0.717, 1.165) is 24.6 Å². The molecule has 18 heavy (non-hydrogen) atoms. The van der Waals surface area contributed by atoms with E-state index in [1.54, 1.807) is 7.11 Å². The Morgan fingerprint density at radius 2 is 1.89 bits per heavy atom. The lowest BCUT2D eigenvalue weighted by Gasteiger charge is -2.17. The average molecular weight is 251 g/mol. The fourth-order valence-corrected chi connectivity index (χ4v) is 1.78. The first-order valence-corrected chi connectivity index (χ1v) is 6.78. The van der Waals surface area contributed by atoms with Crippen LogP contribution in [-0.4, -0.2) is 26.3 Å². The Bertz CT molecular complexity index is 328. The molecule has 0 bridgehead atoms. The molecule has 3 heteroatoms. The van der Waals surface area contributed by atoms with Crippen LogP contribution in [0.1, 0.15) is 33.1 Å². The molecule has 1 atom stereocenters. The fourth-order valence-electron chi connectivity index (χ4n) is 1.78. The number of hydrogen-bond donors (Lipinski definition) is 1. The van der Waals surface area contributed by atoms with Crippen LogP contribution in [0.2, 0.25) is 0 Å². The van der Waals surface area contributed by atoms with E-state index >= 15 is 0 Å². The van der Waals surface area contributed by atoms with Crippen LogP contribution in [0.5, 0.6) is 11.5 Å². The maximum atomic E-state index is 5.86. The third-order valence-corrected chi connectivity index (χ3v) is 2.79. The second-order valence-electron chi connectivity index (χ2n) is 4.49. The van der Waals surface area contributed by atoms with Gasteiger partial charge in [-0.2, -0.15) is 0 Å². The lowest BCUT2D eigenvalue weighted by molar-refractivity contribution is 0.207. The van der Waals surface area contributed by atoms with Crippen LogP contribution in [0.25, 0.3) is 0 Å². The Kier molecular flexibility index (Phi) is 7.26. The van der Waals surface area contributed by atoms with Gasteiger partial charge in [0.05, 0.1) is 7.11 Å². The summed E-state index contributed by atoms with van der Waals surface area (Å²) in [5.74, 6) is 1.60. The Balaban J connectivity index is 2.28. The van der Waals surface area contributed by atoms with Crippen molar-refractivity contribution < 1.29 is 9.47 Å². The maximum absolute atomic E-state index is 5.86. The molecule has 0 spiro atoms. The Morgan fingerprint density at radius 1 is 1.17 bits per heavy atom. The van der Waals surface area contributed by atoms with Crippen LogP contribution in [0, 0.1) is 0 Å². The highest BCUT2D eigenvalue weighted by Crippen LogP contribution is 2.26. The molecule has 0 radical (unpaired) electrons. The van der Waals surface area contributed by atoms with Crippen molar-refractivity contribution in [1.29, 1.82) is 0 Å². The van der Waals surface area contributed by atoms with Crippen molar-refractivity contribution in [1.82, 2.24) is 5.32 Å². The van der Waals surface area contributed by atoms with Gasteiger partial charge in [0, 0.05) is 6.54 Å². The number of benzene rings is 1. The van der Waals surface area contributed by atoms with Gasteiger partial charge in [-0.25, -0.2) is 0 Å². The zero-order valence-electron chi connectivity index (χ0n) is 11.7. The predicted octanol–water partition coefficient (Wildman–Crippen LogP) is 3.24. The minimum absolute atomic E-state index is 0.142. The van der Waals surface area contributed by atoms with E-state index in [1.807, 2.05) is 24.3 Å². The number of methoxy groups -OCH3 is 1. The molecule has 0 saturated heterocycles. The van der Waals surface area contributed by atoms with Gasteiger partial charge in [-0.3, -0.25) is 0 Å². The maximum Gasteiger partial charge on any atom is 0.161 e. The van der Waals surface area contributed by atoms with Gasteiger partial charge in [-0.05, 0) is 32.0 Å². The van der Waals surface area contributed by atoms with Crippen molar-refractivity contribution in [3.63, 3.8) is 0 Å². The van der Waals surface area contributed by atoms with E-state index in [1.165, 1.54) is 19.3 Å². The van der Waals surface area contributed by atoms with Gasteiger partial charge in [-0.1, -0.05) is 31.9 Å². The molecule has 102 valence electrons. The van der Waals surface area contributed by atoms with Gasteiger partial charge < -0.3 is 14.8 Å². The average Bonchev–Trinajstić information content (AvgIpc) is 2.39. The molecule has 1 unspecified atom stereocenters. The first-order chi connectivity index (χ1) is 8.77. The molecule has 0 fully saturated rings. The van der Waals surface area contributed by atoms with E-state index in [0.29, 0.717) is 0 Å². The van der Waals surface area contributed by atoms with Crippen LogP contribution in [0.4, 0.5) is 0 Å². The molecule has 0 aliphatic heterocycles. The summed E-state index contributed by atoms with van der Waals surface area (Å²) in [5, 5.41) is 3.41. The Hall–Kier alpha value is -1.22. The minimum atomic E-state index is 0.142. The van der Waals surface area contributed by atoms with Gasteiger partial charge in [-0.15, -0.1) is 0 Å². The van der Waals surface area contributed by atoms with E-state index in [-0.39, 0.29) is 6.10 Å². The number of ether oxygens (including phenoxy) is 2. The highest BCUT2D eigenvalue weighted by Gasteiger charge is 2.07. The van der Waals surface area contributed by atoms with Crippen molar-refractivity contribution in [3.05, 3.63) is 24.3 Å². The molecule has 1 rings (SSSR count). The summed E-state index contributed by atoms with van der Waals surface area (Å²) >= 11 is 0. The first-order valence-electron chi connectivity index (χ1n) is 6.78. The normalized spacial score (nSPS) is 12.2. The summed E-state index contributed by atoms with van der Waals surface area (Å²) in [7, 11) is 1.66. The molecule has 0 aliphatic carbocycles. The van der Waals surface area contributed by atoms with E-state index < -0.39 is 0 Å². The molecule has 0 saturated carbocycles. The number of para-hydroxylation sites is 2. The highest BCUT2D eigenvalue weighted by molar-refractivity contribution is 5.39. The van der Waals surface area contributed by atoms with Crippen molar-refractivity contribution in [2.24, 2.45) is 0 Å². The third-order valence-electron chi connectivity index (χ3n) is 2.79. The van der Waals surface area contributed by atoms with Gasteiger partial charge in [0.15, 0.2) is 11.5 Å². The lowest BCUT2D eigenvalue weighted by atomic mass is 10.2. The highest BCUT2D eigenvalue weighted by atomic mass is 16.5. The summed E-state index contributed by atoms with van der Waals surface area (Å²) in [6.07, 6.45) is 3.92. The molecule has 0 aliphatic rings. The molecule has 1 N–H and O–H groups in total.